The molecule has 0 bridgehead atoms. The number of hydrogen-bond acceptors (Lipinski definition) is 3. The summed E-state index contributed by atoms with van der Waals surface area (Å²) in [6, 6.07) is 13.4. The fourth-order valence-corrected chi connectivity index (χ4v) is 1.93. The highest BCUT2D eigenvalue weighted by Crippen LogP contribution is 2.14. The third-order valence-electron chi connectivity index (χ3n) is 3.11. The molecule has 3 N–H and O–H groups in total. The fraction of sp³-hybridized carbons (Fsp3) is 0.176. The zero-order valence-corrected chi connectivity index (χ0v) is 12.7. The van der Waals surface area contributed by atoms with Gasteiger partial charge in [-0.15, -0.1) is 0 Å². The van der Waals surface area contributed by atoms with Crippen LogP contribution in [0, 0.1) is 12.7 Å². The van der Waals surface area contributed by atoms with E-state index in [9.17, 15) is 14.0 Å². The number of anilines is 1. The van der Waals surface area contributed by atoms with E-state index in [-0.39, 0.29) is 12.2 Å². The average Bonchev–Trinajstić information content (AvgIpc) is 2.53. The molecule has 0 unspecified atom stereocenters. The zero-order valence-electron chi connectivity index (χ0n) is 12.7. The van der Waals surface area contributed by atoms with E-state index in [4.69, 9.17) is 0 Å². The maximum atomic E-state index is 13.6. The van der Waals surface area contributed by atoms with E-state index in [0.717, 1.165) is 11.1 Å². The monoisotopic (exact) mass is 315 g/mol. The number of nitrogens with one attached hydrogen (secondary N) is 3. The molecule has 23 heavy (non-hydrogen) atoms. The fourth-order valence-electron chi connectivity index (χ4n) is 1.93. The first-order valence-electron chi connectivity index (χ1n) is 7.16. The molecule has 0 atom stereocenters. The summed E-state index contributed by atoms with van der Waals surface area (Å²) in [6.07, 6.45) is 0. The van der Waals surface area contributed by atoms with Crippen molar-refractivity contribution >= 4 is 17.6 Å². The van der Waals surface area contributed by atoms with E-state index in [1.165, 1.54) is 6.07 Å². The molecule has 120 valence electrons. The molecule has 0 spiro atoms. The Kier molecular flexibility index (Phi) is 5.68. The van der Waals surface area contributed by atoms with Crippen molar-refractivity contribution in [2.45, 2.75) is 13.5 Å². The number of urea groups is 1. The van der Waals surface area contributed by atoms with Gasteiger partial charge in [-0.25, -0.2) is 9.18 Å². The molecule has 0 saturated heterocycles. The summed E-state index contributed by atoms with van der Waals surface area (Å²) in [4.78, 5) is 23.3. The van der Waals surface area contributed by atoms with Gasteiger partial charge in [0.1, 0.15) is 5.82 Å². The van der Waals surface area contributed by atoms with Crippen LogP contribution in [0.3, 0.4) is 0 Å². The summed E-state index contributed by atoms with van der Waals surface area (Å²) in [5.41, 5.74) is 1.93. The molecule has 0 saturated carbocycles. The molecular formula is C17H18FN3O2. The summed E-state index contributed by atoms with van der Waals surface area (Å²) in [5, 5.41) is 7.40. The van der Waals surface area contributed by atoms with Gasteiger partial charge in [-0.1, -0.05) is 36.4 Å². The second-order valence-electron chi connectivity index (χ2n) is 5.05. The summed E-state index contributed by atoms with van der Waals surface area (Å²) in [6.45, 7) is 1.90. The van der Waals surface area contributed by atoms with Gasteiger partial charge in [0, 0.05) is 6.54 Å². The number of carbonyl (C=O) groups excluding carboxylic acids is 2. The van der Waals surface area contributed by atoms with Crippen molar-refractivity contribution in [3.63, 3.8) is 0 Å². The number of amides is 3. The molecule has 2 rings (SSSR count). The van der Waals surface area contributed by atoms with Gasteiger partial charge in [0.25, 0.3) is 0 Å². The van der Waals surface area contributed by atoms with E-state index in [1.807, 2.05) is 30.3 Å². The number of benzene rings is 2. The number of hydrogen-bond donors (Lipinski definition) is 3. The Labute approximate surface area is 133 Å². The number of halogens is 1. The second-order valence-corrected chi connectivity index (χ2v) is 5.05. The van der Waals surface area contributed by atoms with Gasteiger partial charge in [0.05, 0.1) is 12.2 Å². The lowest BCUT2D eigenvalue weighted by molar-refractivity contribution is -0.118. The minimum atomic E-state index is -0.593. The first-order chi connectivity index (χ1) is 11.0. The summed E-state index contributed by atoms with van der Waals surface area (Å²) in [7, 11) is 0. The Bertz CT molecular complexity index is 689. The SMILES string of the molecule is Cc1ccc(NCC(=O)NC(=O)NCc2ccccc2)c(F)c1. The van der Waals surface area contributed by atoms with Crippen LogP contribution >= 0.6 is 0 Å². The molecule has 0 aliphatic rings. The summed E-state index contributed by atoms with van der Waals surface area (Å²) < 4.78 is 13.6. The van der Waals surface area contributed by atoms with Gasteiger partial charge >= 0.3 is 6.03 Å². The smallest absolute Gasteiger partial charge is 0.321 e. The van der Waals surface area contributed by atoms with Crippen molar-refractivity contribution in [3.05, 3.63) is 65.5 Å². The minimum absolute atomic E-state index is 0.196. The molecule has 0 aliphatic heterocycles. The van der Waals surface area contributed by atoms with Crippen molar-refractivity contribution in [1.29, 1.82) is 0 Å². The lowest BCUT2D eigenvalue weighted by Gasteiger charge is -2.09. The highest BCUT2D eigenvalue weighted by atomic mass is 19.1. The normalized spacial score (nSPS) is 10.0. The zero-order chi connectivity index (χ0) is 16.7. The van der Waals surface area contributed by atoms with Crippen LogP contribution in [0.4, 0.5) is 14.9 Å². The number of carbonyl (C=O) groups is 2. The van der Waals surface area contributed by atoms with Gasteiger partial charge in [0.15, 0.2) is 0 Å². The van der Waals surface area contributed by atoms with Crippen molar-refractivity contribution in [3.8, 4) is 0 Å². The molecule has 0 heterocycles. The molecule has 0 aromatic heterocycles. The second kappa shape index (κ2) is 7.93. The first kappa shape index (κ1) is 16.5. The van der Waals surface area contributed by atoms with E-state index in [1.54, 1.807) is 19.1 Å². The topological polar surface area (TPSA) is 70.2 Å². The third kappa shape index (κ3) is 5.43. The third-order valence-corrected chi connectivity index (χ3v) is 3.11. The van der Waals surface area contributed by atoms with Crippen LogP contribution in [0.5, 0.6) is 0 Å². The predicted octanol–water partition coefficient (Wildman–Crippen LogP) is 2.57. The molecule has 3 amide bonds. The van der Waals surface area contributed by atoms with Gasteiger partial charge in [-0.2, -0.15) is 0 Å². The maximum Gasteiger partial charge on any atom is 0.321 e. The number of rotatable bonds is 5. The molecule has 5 nitrogen and oxygen atoms in total. The first-order valence-corrected chi connectivity index (χ1v) is 7.16. The van der Waals surface area contributed by atoms with Gasteiger partial charge < -0.3 is 10.6 Å². The quantitative estimate of drug-likeness (QED) is 0.794. The van der Waals surface area contributed by atoms with Crippen molar-refractivity contribution in [2.75, 3.05) is 11.9 Å². The van der Waals surface area contributed by atoms with Crippen LogP contribution in [0.15, 0.2) is 48.5 Å². The Balaban J connectivity index is 1.74. The number of imide groups is 1. The molecular weight excluding hydrogens is 297 g/mol. The summed E-state index contributed by atoms with van der Waals surface area (Å²) in [5.74, 6) is -0.984. The highest BCUT2D eigenvalue weighted by molar-refractivity contribution is 5.96. The van der Waals surface area contributed by atoms with Crippen LogP contribution in [0.2, 0.25) is 0 Å². The Morgan fingerprint density at radius 3 is 2.52 bits per heavy atom. The standard InChI is InChI=1S/C17H18FN3O2/c1-12-7-8-15(14(18)9-12)19-11-16(22)21-17(23)20-10-13-5-3-2-4-6-13/h2-9,19H,10-11H2,1H3,(H2,20,21,22,23). The average molecular weight is 315 g/mol. The summed E-state index contributed by atoms with van der Waals surface area (Å²) >= 11 is 0. The molecule has 0 fully saturated rings. The predicted molar refractivity (Wildman–Crippen MR) is 86.4 cm³/mol. The molecule has 2 aromatic rings. The highest BCUT2D eigenvalue weighted by Gasteiger charge is 2.08. The molecule has 2 aromatic carbocycles. The van der Waals surface area contributed by atoms with Crippen LogP contribution < -0.4 is 16.0 Å². The van der Waals surface area contributed by atoms with Crippen molar-refractivity contribution < 1.29 is 14.0 Å². The Morgan fingerprint density at radius 2 is 1.83 bits per heavy atom. The van der Waals surface area contributed by atoms with E-state index >= 15 is 0 Å². The van der Waals surface area contributed by atoms with E-state index in [2.05, 4.69) is 16.0 Å². The lowest BCUT2D eigenvalue weighted by Crippen LogP contribution is -2.41. The van der Waals surface area contributed by atoms with Crippen LogP contribution in [0.1, 0.15) is 11.1 Å². The minimum Gasteiger partial charge on any atom is -0.374 e. The van der Waals surface area contributed by atoms with Crippen molar-refractivity contribution in [1.82, 2.24) is 10.6 Å². The number of aryl methyl sites for hydroxylation is 1. The molecule has 0 radical (unpaired) electrons. The molecule has 0 aliphatic carbocycles. The van der Waals surface area contributed by atoms with Crippen LogP contribution in [0.25, 0.3) is 0 Å². The van der Waals surface area contributed by atoms with Gasteiger partial charge in [-0.05, 0) is 30.2 Å². The van der Waals surface area contributed by atoms with E-state index in [0.29, 0.717) is 6.54 Å². The lowest BCUT2D eigenvalue weighted by atomic mass is 10.2. The molecule has 6 heteroatoms. The van der Waals surface area contributed by atoms with Gasteiger partial charge in [-0.3, -0.25) is 10.1 Å². The van der Waals surface area contributed by atoms with E-state index < -0.39 is 17.8 Å². The Morgan fingerprint density at radius 1 is 1.09 bits per heavy atom. The van der Waals surface area contributed by atoms with Crippen LogP contribution in [-0.2, 0) is 11.3 Å². The Hall–Kier alpha value is -2.89. The maximum absolute atomic E-state index is 13.6. The van der Waals surface area contributed by atoms with Gasteiger partial charge in [0.2, 0.25) is 5.91 Å². The van der Waals surface area contributed by atoms with Crippen LogP contribution in [-0.4, -0.2) is 18.5 Å². The largest absolute Gasteiger partial charge is 0.374 e. The van der Waals surface area contributed by atoms with Crippen molar-refractivity contribution in [2.24, 2.45) is 0 Å².